The number of benzene rings is 1. The van der Waals surface area contributed by atoms with Gasteiger partial charge in [0.1, 0.15) is 0 Å². The van der Waals surface area contributed by atoms with Gasteiger partial charge >= 0.3 is 0 Å². The van der Waals surface area contributed by atoms with Crippen molar-refractivity contribution >= 4 is 5.91 Å². The highest BCUT2D eigenvalue weighted by atomic mass is 16.1. The molecule has 1 amide bonds. The predicted octanol–water partition coefficient (Wildman–Crippen LogP) is 1.36. The third-order valence-corrected chi connectivity index (χ3v) is 1.63. The molecule has 0 radical (unpaired) electrons. The van der Waals surface area contributed by atoms with Gasteiger partial charge in [-0.05, 0) is 19.1 Å². The van der Waals surface area contributed by atoms with Crippen molar-refractivity contribution in [3.8, 4) is 12.3 Å². The molecule has 0 aliphatic heterocycles. The molecule has 0 aromatic heterocycles. The van der Waals surface area contributed by atoms with Crippen LogP contribution in [0.5, 0.6) is 0 Å². The van der Waals surface area contributed by atoms with Crippen LogP contribution in [0.1, 0.15) is 15.9 Å². The van der Waals surface area contributed by atoms with Crippen molar-refractivity contribution in [3.05, 3.63) is 35.4 Å². The van der Waals surface area contributed by atoms with Gasteiger partial charge in [-0.2, -0.15) is 0 Å². The number of carbonyl (C=O) groups is 1. The Bertz CT molecular complexity index is 349. The molecular formula is C11H11NO. The molecule has 0 saturated carbocycles. The normalized spacial score (nSPS) is 8.92. The second-order valence-corrected chi connectivity index (χ2v) is 2.76. The molecule has 1 N–H and O–H groups in total. The smallest absolute Gasteiger partial charge is 0.252 e. The summed E-state index contributed by atoms with van der Waals surface area (Å²) in [7, 11) is 0. The minimum absolute atomic E-state index is 0.123. The summed E-state index contributed by atoms with van der Waals surface area (Å²) >= 11 is 0. The SMILES string of the molecule is C#CCNC(=O)c1cccc(C)c1. The minimum atomic E-state index is -0.123. The second-order valence-electron chi connectivity index (χ2n) is 2.76. The first-order valence-electron chi connectivity index (χ1n) is 4.02. The number of nitrogens with one attached hydrogen (secondary N) is 1. The fourth-order valence-corrected chi connectivity index (χ4v) is 1.02. The molecule has 0 aliphatic rings. The van der Waals surface area contributed by atoms with E-state index in [-0.39, 0.29) is 12.5 Å². The molecule has 0 bridgehead atoms. The Morgan fingerprint density at radius 1 is 1.62 bits per heavy atom. The van der Waals surface area contributed by atoms with Crippen LogP contribution in [0, 0.1) is 19.3 Å². The van der Waals surface area contributed by atoms with Crippen LogP contribution in [0.4, 0.5) is 0 Å². The number of aryl methyl sites for hydroxylation is 1. The first-order valence-corrected chi connectivity index (χ1v) is 4.02. The molecule has 2 nitrogen and oxygen atoms in total. The number of hydrogen-bond acceptors (Lipinski definition) is 1. The van der Waals surface area contributed by atoms with Gasteiger partial charge in [0.2, 0.25) is 0 Å². The molecule has 0 unspecified atom stereocenters. The second kappa shape index (κ2) is 4.32. The molecule has 1 rings (SSSR count). The monoisotopic (exact) mass is 173 g/mol. The van der Waals surface area contributed by atoms with E-state index in [2.05, 4.69) is 11.2 Å². The van der Waals surface area contributed by atoms with Crippen LogP contribution in [-0.4, -0.2) is 12.5 Å². The van der Waals surface area contributed by atoms with Gasteiger partial charge in [-0.1, -0.05) is 23.6 Å². The summed E-state index contributed by atoms with van der Waals surface area (Å²) in [5, 5.41) is 2.60. The lowest BCUT2D eigenvalue weighted by atomic mass is 10.1. The van der Waals surface area contributed by atoms with Gasteiger partial charge in [-0.25, -0.2) is 0 Å². The quantitative estimate of drug-likeness (QED) is 0.672. The maximum Gasteiger partial charge on any atom is 0.252 e. The van der Waals surface area contributed by atoms with Gasteiger partial charge in [0.15, 0.2) is 0 Å². The van der Waals surface area contributed by atoms with Crippen molar-refractivity contribution in [2.45, 2.75) is 6.92 Å². The van der Waals surface area contributed by atoms with E-state index in [1.165, 1.54) is 0 Å². The fraction of sp³-hybridized carbons (Fsp3) is 0.182. The largest absolute Gasteiger partial charge is 0.341 e. The van der Waals surface area contributed by atoms with E-state index in [9.17, 15) is 4.79 Å². The first-order chi connectivity index (χ1) is 6.24. The van der Waals surface area contributed by atoms with Crippen LogP contribution in [0.25, 0.3) is 0 Å². The molecule has 0 heterocycles. The van der Waals surface area contributed by atoms with Gasteiger partial charge in [0, 0.05) is 5.56 Å². The summed E-state index contributed by atoms with van der Waals surface area (Å²) in [4.78, 5) is 11.3. The van der Waals surface area contributed by atoms with Gasteiger partial charge < -0.3 is 5.32 Å². The third kappa shape index (κ3) is 2.64. The molecule has 0 atom stereocenters. The summed E-state index contributed by atoms with van der Waals surface area (Å²) < 4.78 is 0. The molecule has 0 spiro atoms. The summed E-state index contributed by atoms with van der Waals surface area (Å²) in [5.41, 5.74) is 1.71. The summed E-state index contributed by atoms with van der Waals surface area (Å²) in [6.45, 7) is 2.21. The maximum absolute atomic E-state index is 11.3. The van der Waals surface area contributed by atoms with E-state index in [0.717, 1.165) is 5.56 Å². The van der Waals surface area contributed by atoms with Crippen molar-refractivity contribution in [2.24, 2.45) is 0 Å². The van der Waals surface area contributed by atoms with Crippen LogP contribution in [-0.2, 0) is 0 Å². The lowest BCUT2D eigenvalue weighted by Crippen LogP contribution is -2.23. The Morgan fingerprint density at radius 2 is 2.38 bits per heavy atom. The van der Waals surface area contributed by atoms with Crippen molar-refractivity contribution in [3.63, 3.8) is 0 Å². The van der Waals surface area contributed by atoms with E-state index in [1.54, 1.807) is 6.07 Å². The van der Waals surface area contributed by atoms with Gasteiger partial charge in [-0.3, -0.25) is 4.79 Å². The van der Waals surface area contributed by atoms with E-state index in [4.69, 9.17) is 6.42 Å². The molecule has 0 saturated heterocycles. The average molecular weight is 173 g/mol. The number of hydrogen-bond donors (Lipinski definition) is 1. The van der Waals surface area contributed by atoms with Gasteiger partial charge in [0.25, 0.3) is 5.91 Å². The topological polar surface area (TPSA) is 29.1 Å². The summed E-state index contributed by atoms with van der Waals surface area (Å²) in [5.74, 6) is 2.23. The van der Waals surface area contributed by atoms with Crippen molar-refractivity contribution in [1.82, 2.24) is 5.32 Å². The van der Waals surface area contributed by atoms with E-state index in [1.807, 2.05) is 25.1 Å². The zero-order valence-corrected chi connectivity index (χ0v) is 7.50. The highest BCUT2D eigenvalue weighted by molar-refractivity contribution is 5.94. The van der Waals surface area contributed by atoms with Crippen molar-refractivity contribution < 1.29 is 4.79 Å². The molecule has 1 aromatic carbocycles. The van der Waals surface area contributed by atoms with Crippen LogP contribution >= 0.6 is 0 Å². The van der Waals surface area contributed by atoms with E-state index in [0.29, 0.717) is 5.56 Å². The summed E-state index contributed by atoms with van der Waals surface area (Å²) in [6.07, 6.45) is 5.02. The standard InChI is InChI=1S/C11H11NO/c1-3-7-12-11(13)10-6-4-5-9(2)8-10/h1,4-6,8H,7H2,2H3,(H,12,13). The number of rotatable bonds is 2. The Labute approximate surface area is 78.0 Å². The Hall–Kier alpha value is -1.75. The lowest BCUT2D eigenvalue weighted by molar-refractivity contribution is 0.0958. The number of terminal acetylenes is 1. The molecule has 66 valence electrons. The van der Waals surface area contributed by atoms with Gasteiger partial charge in [0.05, 0.1) is 6.54 Å². The Morgan fingerprint density at radius 3 is 3.00 bits per heavy atom. The molecule has 1 aromatic rings. The van der Waals surface area contributed by atoms with Crippen LogP contribution in [0.3, 0.4) is 0 Å². The number of carbonyl (C=O) groups excluding carboxylic acids is 1. The maximum atomic E-state index is 11.3. The molecule has 13 heavy (non-hydrogen) atoms. The molecular weight excluding hydrogens is 162 g/mol. The minimum Gasteiger partial charge on any atom is -0.341 e. The Kier molecular flexibility index (Phi) is 3.10. The highest BCUT2D eigenvalue weighted by Crippen LogP contribution is 2.02. The third-order valence-electron chi connectivity index (χ3n) is 1.63. The van der Waals surface area contributed by atoms with Crippen LogP contribution in [0.15, 0.2) is 24.3 Å². The van der Waals surface area contributed by atoms with E-state index >= 15 is 0 Å². The van der Waals surface area contributed by atoms with Gasteiger partial charge in [-0.15, -0.1) is 6.42 Å². The van der Waals surface area contributed by atoms with Crippen LogP contribution < -0.4 is 5.32 Å². The predicted molar refractivity (Wildman–Crippen MR) is 52.3 cm³/mol. The molecule has 0 aliphatic carbocycles. The average Bonchev–Trinajstić information content (AvgIpc) is 2.14. The number of amides is 1. The van der Waals surface area contributed by atoms with E-state index < -0.39 is 0 Å². The molecule has 0 fully saturated rings. The first kappa shape index (κ1) is 9.34. The summed E-state index contributed by atoms with van der Waals surface area (Å²) in [6, 6.07) is 7.38. The van der Waals surface area contributed by atoms with Crippen LogP contribution in [0.2, 0.25) is 0 Å². The zero-order chi connectivity index (χ0) is 9.68. The Balaban J connectivity index is 2.72. The fourth-order valence-electron chi connectivity index (χ4n) is 1.02. The molecule has 2 heteroatoms. The van der Waals surface area contributed by atoms with Crippen molar-refractivity contribution in [2.75, 3.05) is 6.54 Å². The zero-order valence-electron chi connectivity index (χ0n) is 7.50. The van der Waals surface area contributed by atoms with Crippen molar-refractivity contribution in [1.29, 1.82) is 0 Å². The lowest BCUT2D eigenvalue weighted by Gasteiger charge is -2.01. The highest BCUT2D eigenvalue weighted by Gasteiger charge is 2.02.